The molecule has 0 heterocycles. The Morgan fingerprint density at radius 1 is 1.15 bits per heavy atom. The van der Waals surface area contributed by atoms with E-state index in [1.54, 1.807) is 19.2 Å². The third kappa shape index (κ3) is 4.61. The van der Waals surface area contributed by atoms with Crippen molar-refractivity contribution in [1.29, 1.82) is 0 Å². The minimum Gasteiger partial charge on any atom is -0.495 e. The predicted molar refractivity (Wildman–Crippen MR) is 107 cm³/mol. The molecule has 0 aliphatic carbocycles. The number of rotatable bonds is 7. The molecule has 2 N–H and O–H groups in total. The van der Waals surface area contributed by atoms with Crippen LogP contribution >= 0.6 is 11.6 Å². The average molecular weight is 377 g/mol. The normalized spacial score (nSPS) is 10.6. The molecule has 0 aromatic heterocycles. The summed E-state index contributed by atoms with van der Waals surface area (Å²) in [5.74, 6) is 1.23. The van der Waals surface area contributed by atoms with Crippen LogP contribution in [0.4, 0.5) is 11.4 Å². The fourth-order valence-electron chi connectivity index (χ4n) is 2.70. The average Bonchev–Trinajstić information content (AvgIpc) is 2.61. The van der Waals surface area contributed by atoms with E-state index in [-0.39, 0.29) is 12.5 Å². The van der Waals surface area contributed by atoms with Gasteiger partial charge in [-0.2, -0.15) is 0 Å². The van der Waals surface area contributed by atoms with Gasteiger partial charge in [0.05, 0.1) is 31.5 Å². The molecule has 140 valence electrons. The highest BCUT2D eigenvalue weighted by Crippen LogP contribution is 2.35. The molecule has 0 fully saturated rings. The minimum atomic E-state index is -0.142. The Bertz CT molecular complexity index is 791. The maximum atomic E-state index is 12.5. The van der Waals surface area contributed by atoms with Gasteiger partial charge in [-0.25, -0.2) is 0 Å². The van der Waals surface area contributed by atoms with Crippen molar-refractivity contribution in [2.75, 3.05) is 31.4 Å². The Hall–Kier alpha value is -2.40. The number of nitrogens with one attached hydrogen (secondary N) is 2. The van der Waals surface area contributed by atoms with Crippen LogP contribution in [0.15, 0.2) is 30.3 Å². The van der Waals surface area contributed by atoms with E-state index >= 15 is 0 Å². The molecule has 26 heavy (non-hydrogen) atoms. The third-order valence-corrected chi connectivity index (χ3v) is 4.40. The standard InChI is InChI=1S/C20H25ClN2O3/c1-12(2)14-8-6-7-13(3)20(14)23-19(24)11-22-16-10-17(25-4)15(21)9-18(16)26-5/h6-10,12,22H,11H2,1-5H3,(H,23,24). The van der Waals surface area contributed by atoms with E-state index in [4.69, 9.17) is 21.1 Å². The first-order valence-electron chi connectivity index (χ1n) is 8.42. The number of carbonyl (C=O) groups excluding carboxylic acids is 1. The molecular weight excluding hydrogens is 352 g/mol. The summed E-state index contributed by atoms with van der Waals surface area (Å²) in [6.45, 7) is 6.29. The van der Waals surface area contributed by atoms with Gasteiger partial charge in [-0.05, 0) is 24.0 Å². The van der Waals surface area contributed by atoms with E-state index in [1.807, 2.05) is 25.1 Å². The highest BCUT2D eigenvalue weighted by Gasteiger charge is 2.14. The van der Waals surface area contributed by atoms with Crippen LogP contribution < -0.4 is 20.1 Å². The number of anilines is 2. The molecule has 2 rings (SSSR count). The molecule has 2 aromatic rings. The van der Waals surface area contributed by atoms with Crippen LogP contribution in [0.5, 0.6) is 11.5 Å². The number of ether oxygens (including phenoxy) is 2. The zero-order valence-electron chi connectivity index (χ0n) is 15.8. The van der Waals surface area contributed by atoms with E-state index in [9.17, 15) is 4.79 Å². The maximum absolute atomic E-state index is 12.5. The molecule has 6 heteroatoms. The number of hydrogen-bond acceptors (Lipinski definition) is 4. The van der Waals surface area contributed by atoms with Gasteiger partial charge in [0.1, 0.15) is 11.5 Å². The van der Waals surface area contributed by atoms with Gasteiger partial charge in [-0.15, -0.1) is 0 Å². The van der Waals surface area contributed by atoms with Gasteiger partial charge in [-0.1, -0.05) is 43.6 Å². The van der Waals surface area contributed by atoms with Gasteiger partial charge >= 0.3 is 0 Å². The molecule has 0 spiro atoms. The molecule has 0 atom stereocenters. The van der Waals surface area contributed by atoms with Crippen molar-refractivity contribution in [3.63, 3.8) is 0 Å². The number of halogens is 1. The van der Waals surface area contributed by atoms with Gasteiger partial charge in [0.25, 0.3) is 0 Å². The fourth-order valence-corrected chi connectivity index (χ4v) is 2.93. The lowest BCUT2D eigenvalue weighted by Gasteiger charge is -2.17. The van der Waals surface area contributed by atoms with E-state index in [2.05, 4.69) is 24.5 Å². The second kappa shape index (κ2) is 8.81. The number of carbonyl (C=O) groups is 1. The molecular formula is C20H25ClN2O3. The number of methoxy groups -OCH3 is 2. The Balaban J connectivity index is 2.13. The second-order valence-corrected chi connectivity index (χ2v) is 6.69. The highest BCUT2D eigenvalue weighted by molar-refractivity contribution is 6.32. The molecule has 0 aliphatic heterocycles. The van der Waals surface area contributed by atoms with Crippen LogP contribution in [0.1, 0.15) is 30.9 Å². The Morgan fingerprint density at radius 3 is 2.46 bits per heavy atom. The van der Waals surface area contributed by atoms with Crippen molar-refractivity contribution in [2.45, 2.75) is 26.7 Å². The van der Waals surface area contributed by atoms with Crippen LogP contribution in [-0.2, 0) is 4.79 Å². The molecule has 0 unspecified atom stereocenters. The first kappa shape index (κ1) is 19.9. The summed E-state index contributed by atoms with van der Waals surface area (Å²) in [6.07, 6.45) is 0. The molecule has 0 radical (unpaired) electrons. The van der Waals surface area contributed by atoms with E-state index in [1.165, 1.54) is 7.11 Å². The largest absolute Gasteiger partial charge is 0.495 e. The second-order valence-electron chi connectivity index (χ2n) is 6.28. The summed E-state index contributed by atoms with van der Waals surface area (Å²) < 4.78 is 10.5. The van der Waals surface area contributed by atoms with E-state index < -0.39 is 0 Å². The van der Waals surface area contributed by atoms with E-state index in [0.717, 1.165) is 16.8 Å². The van der Waals surface area contributed by atoms with Crippen molar-refractivity contribution < 1.29 is 14.3 Å². The van der Waals surface area contributed by atoms with Crippen molar-refractivity contribution in [1.82, 2.24) is 0 Å². The van der Waals surface area contributed by atoms with Crippen LogP contribution in [-0.4, -0.2) is 26.7 Å². The van der Waals surface area contributed by atoms with Crippen LogP contribution in [0.2, 0.25) is 5.02 Å². The molecule has 1 amide bonds. The smallest absolute Gasteiger partial charge is 0.243 e. The van der Waals surface area contributed by atoms with Crippen molar-refractivity contribution in [2.24, 2.45) is 0 Å². The van der Waals surface area contributed by atoms with Crippen molar-refractivity contribution >= 4 is 28.9 Å². The summed E-state index contributed by atoms with van der Waals surface area (Å²) in [7, 11) is 3.08. The zero-order chi connectivity index (χ0) is 19.3. The molecule has 0 saturated carbocycles. The first-order valence-corrected chi connectivity index (χ1v) is 8.80. The number of hydrogen-bond donors (Lipinski definition) is 2. The number of aryl methyl sites for hydroxylation is 1. The fraction of sp³-hybridized carbons (Fsp3) is 0.350. The third-order valence-electron chi connectivity index (χ3n) is 4.10. The predicted octanol–water partition coefficient (Wildman–Crippen LogP) is 4.84. The minimum absolute atomic E-state index is 0.0903. The van der Waals surface area contributed by atoms with Gasteiger partial charge < -0.3 is 20.1 Å². The van der Waals surface area contributed by atoms with Crippen LogP contribution in [0.25, 0.3) is 0 Å². The number of benzene rings is 2. The molecule has 0 bridgehead atoms. The Kier molecular flexibility index (Phi) is 6.75. The summed E-state index contributed by atoms with van der Waals surface area (Å²) in [4.78, 5) is 12.5. The summed E-state index contributed by atoms with van der Waals surface area (Å²) in [6, 6.07) is 9.39. The number of amides is 1. The van der Waals surface area contributed by atoms with Gasteiger partial charge in [-0.3, -0.25) is 4.79 Å². The number of para-hydroxylation sites is 1. The summed E-state index contributed by atoms with van der Waals surface area (Å²) >= 11 is 6.10. The van der Waals surface area contributed by atoms with Gasteiger partial charge in [0.2, 0.25) is 5.91 Å². The summed E-state index contributed by atoms with van der Waals surface area (Å²) in [5.41, 5.74) is 3.66. The van der Waals surface area contributed by atoms with Crippen LogP contribution in [0.3, 0.4) is 0 Å². The lowest BCUT2D eigenvalue weighted by atomic mass is 9.98. The van der Waals surface area contributed by atoms with Gasteiger partial charge in [0.15, 0.2) is 0 Å². The monoisotopic (exact) mass is 376 g/mol. The Morgan fingerprint density at radius 2 is 1.85 bits per heavy atom. The van der Waals surface area contributed by atoms with Gasteiger partial charge in [0, 0.05) is 17.8 Å². The lowest BCUT2D eigenvalue weighted by Crippen LogP contribution is -2.23. The SMILES string of the molecule is COc1cc(NCC(=O)Nc2c(C)cccc2C(C)C)c(OC)cc1Cl. The maximum Gasteiger partial charge on any atom is 0.243 e. The molecule has 5 nitrogen and oxygen atoms in total. The lowest BCUT2D eigenvalue weighted by molar-refractivity contribution is -0.114. The quantitative estimate of drug-likeness (QED) is 0.725. The molecule has 2 aromatic carbocycles. The summed E-state index contributed by atoms with van der Waals surface area (Å²) in [5, 5.41) is 6.53. The molecule has 0 aliphatic rings. The van der Waals surface area contributed by atoms with Crippen LogP contribution in [0, 0.1) is 6.92 Å². The highest BCUT2D eigenvalue weighted by atomic mass is 35.5. The van der Waals surface area contributed by atoms with E-state index in [0.29, 0.717) is 28.1 Å². The van der Waals surface area contributed by atoms with Crippen molar-refractivity contribution in [3.8, 4) is 11.5 Å². The Labute approximate surface area is 159 Å². The molecule has 0 saturated heterocycles. The topological polar surface area (TPSA) is 59.6 Å². The van der Waals surface area contributed by atoms with Crippen molar-refractivity contribution in [3.05, 3.63) is 46.5 Å². The first-order chi connectivity index (χ1) is 12.4. The zero-order valence-corrected chi connectivity index (χ0v) is 16.5.